The van der Waals surface area contributed by atoms with Crippen molar-refractivity contribution >= 4 is 28.4 Å². The van der Waals surface area contributed by atoms with Gasteiger partial charge in [0.15, 0.2) is 0 Å². The molecule has 0 fully saturated rings. The van der Waals surface area contributed by atoms with Gasteiger partial charge < -0.3 is 4.90 Å². The van der Waals surface area contributed by atoms with Crippen LogP contribution in [0, 0.1) is 20.8 Å². The van der Waals surface area contributed by atoms with E-state index in [1.165, 1.54) is 5.56 Å². The molecule has 0 atom stereocenters. The molecule has 0 saturated carbocycles. The third-order valence-corrected chi connectivity index (χ3v) is 5.77. The minimum absolute atomic E-state index is 0.0274. The molecule has 4 rings (SSSR count). The molecule has 1 aromatic heterocycles. The lowest BCUT2D eigenvalue weighted by Gasteiger charge is -2.24. The third kappa shape index (κ3) is 4.78. The van der Waals surface area contributed by atoms with Crippen molar-refractivity contribution in [3.05, 3.63) is 111 Å². The molecule has 156 valence electrons. The molecule has 3 nitrogen and oxygen atoms in total. The number of aryl methyl sites for hydroxylation is 3. The smallest absolute Gasteiger partial charge is 0.254 e. The fourth-order valence-electron chi connectivity index (χ4n) is 3.87. The van der Waals surface area contributed by atoms with Crippen LogP contribution in [-0.4, -0.2) is 15.8 Å². The summed E-state index contributed by atoms with van der Waals surface area (Å²) in [5.74, 6) is -0.0274. The Bertz CT molecular complexity index is 1230. The van der Waals surface area contributed by atoms with E-state index in [9.17, 15) is 4.79 Å². The lowest BCUT2D eigenvalue weighted by Crippen LogP contribution is -2.30. The summed E-state index contributed by atoms with van der Waals surface area (Å²) in [6.07, 6.45) is 0. The molecular formula is C27H25ClN2O. The van der Waals surface area contributed by atoms with Gasteiger partial charge in [-0.15, -0.1) is 0 Å². The Morgan fingerprint density at radius 3 is 2.29 bits per heavy atom. The number of hydrogen-bond acceptors (Lipinski definition) is 2. The molecule has 0 N–H and O–H groups in total. The molecule has 0 aliphatic carbocycles. The zero-order valence-electron chi connectivity index (χ0n) is 18.0. The van der Waals surface area contributed by atoms with Crippen LogP contribution in [-0.2, 0) is 13.1 Å². The van der Waals surface area contributed by atoms with E-state index in [1.54, 1.807) is 0 Å². The lowest BCUT2D eigenvalue weighted by molar-refractivity contribution is 0.0730. The Morgan fingerprint density at radius 2 is 1.58 bits per heavy atom. The van der Waals surface area contributed by atoms with Crippen LogP contribution in [0.25, 0.3) is 10.9 Å². The van der Waals surface area contributed by atoms with Crippen LogP contribution < -0.4 is 0 Å². The molecule has 4 heteroatoms. The summed E-state index contributed by atoms with van der Waals surface area (Å²) in [5, 5.41) is 1.48. The molecule has 31 heavy (non-hydrogen) atoms. The van der Waals surface area contributed by atoms with Gasteiger partial charge in [0.1, 0.15) is 5.15 Å². The topological polar surface area (TPSA) is 33.2 Å². The molecule has 0 aliphatic rings. The predicted octanol–water partition coefficient (Wildman–Crippen LogP) is 6.66. The van der Waals surface area contributed by atoms with Crippen LogP contribution >= 0.6 is 11.6 Å². The van der Waals surface area contributed by atoms with Crippen molar-refractivity contribution in [3.63, 3.8) is 0 Å². The van der Waals surface area contributed by atoms with Crippen molar-refractivity contribution in [2.75, 3.05) is 0 Å². The Morgan fingerprint density at radius 1 is 0.871 bits per heavy atom. The zero-order chi connectivity index (χ0) is 22.0. The maximum absolute atomic E-state index is 13.4. The van der Waals surface area contributed by atoms with E-state index in [0.717, 1.165) is 33.2 Å². The van der Waals surface area contributed by atoms with Gasteiger partial charge in [-0.1, -0.05) is 71.3 Å². The molecule has 3 aromatic carbocycles. The van der Waals surface area contributed by atoms with Crippen molar-refractivity contribution in [1.29, 1.82) is 0 Å². The summed E-state index contributed by atoms with van der Waals surface area (Å²) in [7, 11) is 0. The first kappa shape index (κ1) is 21.1. The average molecular weight is 429 g/mol. The quantitative estimate of drug-likeness (QED) is 0.333. The summed E-state index contributed by atoms with van der Waals surface area (Å²) < 4.78 is 0. The number of carbonyl (C=O) groups excluding carboxylic acids is 1. The Hall–Kier alpha value is -3.17. The van der Waals surface area contributed by atoms with Gasteiger partial charge in [0.25, 0.3) is 5.91 Å². The second-order valence-corrected chi connectivity index (χ2v) is 8.46. The summed E-state index contributed by atoms with van der Waals surface area (Å²) in [5.41, 5.74) is 6.88. The number of aromatic nitrogens is 1. The molecule has 0 radical (unpaired) electrons. The zero-order valence-corrected chi connectivity index (χ0v) is 18.8. The Labute approximate surface area is 188 Å². The second-order valence-electron chi connectivity index (χ2n) is 8.10. The number of benzene rings is 3. The predicted molar refractivity (Wildman–Crippen MR) is 127 cm³/mol. The molecule has 1 heterocycles. The number of fused-ring (bicyclic) bond motifs is 1. The van der Waals surface area contributed by atoms with E-state index in [1.807, 2.05) is 73.3 Å². The van der Waals surface area contributed by atoms with Crippen LogP contribution in [0.15, 0.2) is 72.8 Å². The van der Waals surface area contributed by atoms with Crippen molar-refractivity contribution in [1.82, 2.24) is 9.88 Å². The first-order valence-corrected chi connectivity index (χ1v) is 10.7. The van der Waals surface area contributed by atoms with Gasteiger partial charge in [0, 0.05) is 29.6 Å². The average Bonchev–Trinajstić information content (AvgIpc) is 2.75. The van der Waals surface area contributed by atoms with E-state index in [0.29, 0.717) is 23.8 Å². The van der Waals surface area contributed by atoms with Crippen molar-refractivity contribution in [2.45, 2.75) is 33.9 Å². The molecule has 4 aromatic rings. The van der Waals surface area contributed by atoms with Gasteiger partial charge in [-0.3, -0.25) is 4.79 Å². The highest BCUT2D eigenvalue weighted by Gasteiger charge is 2.19. The summed E-state index contributed by atoms with van der Waals surface area (Å²) in [4.78, 5) is 19.9. The van der Waals surface area contributed by atoms with E-state index in [2.05, 4.69) is 30.1 Å². The van der Waals surface area contributed by atoms with Gasteiger partial charge in [-0.2, -0.15) is 0 Å². The van der Waals surface area contributed by atoms with Crippen LogP contribution in [0.3, 0.4) is 0 Å². The highest BCUT2D eigenvalue weighted by atomic mass is 35.5. The van der Waals surface area contributed by atoms with Crippen molar-refractivity contribution in [3.8, 4) is 0 Å². The molecule has 0 bridgehead atoms. The van der Waals surface area contributed by atoms with E-state index in [-0.39, 0.29) is 5.91 Å². The second kappa shape index (κ2) is 8.91. The largest absolute Gasteiger partial charge is 0.330 e. The van der Waals surface area contributed by atoms with Crippen molar-refractivity contribution in [2.24, 2.45) is 0 Å². The first-order valence-electron chi connectivity index (χ1n) is 10.4. The van der Waals surface area contributed by atoms with Crippen molar-refractivity contribution < 1.29 is 4.79 Å². The number of nitrogens with zero attached hydrogens (tertiary/aromatic N) is 2. The molecule has 0 saturated heterocycles. The fourth-order valence-corrected chi connectivity index (χ4v) is 4.07. The fraction of sp³-hybridized carbons (Fsp3) is 0.185. The first-order chi connectivity index (χ1) is 14.9. The highest BCUT2D eigenvalue weighted by Crippen LogP contribution is 2.26. The van der Waals surface area contributed by atoms with Crippen LogP contribution in [0.1, 0.15) is 38.2 Å². The van der Waals surface area contributed by atoms with Crippen LogP contribution in [0.2, 0.25) is 5.15 Å². The number of halogens is 1. The van der Waals surface area contributed by atoms with Gasteiger partial charge in [0.2, 0.25) is 0 Å². The molecule has 1 amide bonds. The van der Waals surface area contributed by atoms with E-state index >= 15 is 0 Å². The normalized spacial score (nSPS) is 11.0. The third-order valence-electron chi connectivity index (χ3n) is 5.44. The Balaban J connectivity index is 1.72. The monoisotopic (exact) mass is 428 g/mol. The maximum Gasteiger partial charge on any atom is 0.254 e. The molecule has 0 spiro atoms. The van der Waals surface area contributed by atoms with Gasteiger partial charge in [0.05, 0.1) is 5.52 Å². The molecule has 0 unspecified atom stereocenters. The number of rotatable bonds is 5. The highest BCUT2D eigenvalue weighted by molar-refractivity contribution is 6.30. The van der Waals surface area contributed by atoms with Gasteiger partial charge in [-0.25, -0.2) is 4.98 Å². The number of pyridine rings is 1. The van der Waals surface area contributed by atoms with Gasteiger partial charge in [-0.05, 0) is 56.2 Å². The van der Waals surface area contributed by atoms with E-state index in [4.69, 9.17) is 11.6 Å². The minimum atomic E-state index is -0.0274. The lowest BCUT2D eigenvalue weighted by atomic mass is 10.0. The minimum Gasteiger partial charge on any atom is -0.330 e. The summed E-state index contributed by atoms with van der Waals surface area (Å²) in [6.45, 7) is 7.01. The summed E-state index contributed by atoms with van der Waals surface area (Å²) in [6, 6.07) is 24.0. The van der Waals surface area contributed by atoms with E-state index < -0.39 is 0 Å². The number of amides is 1. The molecular weight excluding hydrogens is 404 g/mol. The maximum atomic E-state index is 13.4. The van der Waals surface area contributed by atoms with Gasteiger partial charge >= 0.3 is 0 Å². The SMILES string of the molecule is Cc1ccc(C(=O)N(Cc2ccccc2)Cc2cc3cc(C)cc(C)c3nc2Cl)cc1. The standard InChI is InChI=1S/C27H25ClN2O/c1-18-9-11-22(12-10-18)27(31)30(16-21-7-5-4-6-8-21)17-24-15-23-14-19(2)13-20(3)25(23)29-26(24)28/h4-15H,16-17H2,1-3H3. The Kier molecular flexibility index (Phi) is 6.06. The van der Waals surface area contributed by atoms with Crippen LogP contribution in [0.5, 0.6) is 0 Å². The number of hydrogen-bond donors (Lipinski definition) is 0. The van der Waals surface area contributed by atoms with Crippen LogP contribution in [0.4, 0.5) is 0 Å². The molecule has 0 aliphatic heterocycles. The number of carbonyl (C=O) groups is 1. The summed E-state index contributed by atoms with van der Waals surface area (Å²) >= 11 is 6.58.